The molecule has 0 heterocycles. The van der Waals surface area contributed by atoms with Gasteiger partial charge in [0.15, 0.2) is 0 Å². The molecule has 1 aromatic rings. The number of hydrogen-bond acceptors (Lipinski definition) is 3. The molecular weight excluding hydrogens is 276 g/mol. The summed E-state index contributed by atoms with van der Waals surface area (Å²) in [5.74, 6) is 0.862. The van der Waals surface area contributed by atoms with E-state index in [9.17, 15) is 4.79 Å². The van der Waals surface area contributed by atoms with Gasteiger partial charge in [-0.25, -0.2) is 0 Å². The van der Waals surface area contributed by atoms with Gasteiger partial charge in [-0.1, -0.05) is 45.9 Å². The van der Waals surface area contributed by atoms with Crippen LogP contribution in [0.1, 0.15) is 57.1 Å². The summed E-state index contributed by atoms with van der Waals surface area (Å²) in [5, 5.41) is 6.25. The Balaban J connectivity index is 2.69. The van der Waals surface area contributed by atoms with Crippen LogP contribution in [0, 0.1) is 0 Å². The highest BCUT2D eigenvalue weighted by atomic mass is 16.5. The molecule has 0 spiro atoms. The summed E-state index contributed by atoms with van der Waals surface area (Å²) in [4.78, 5) is 11.9. The lowest BCUT2D eigenvalue weighted by atomic mass is 9.92. The summed E-state index contributed by atoms with van der Waals surface area (Å²) in [7, 11) is 1.67. The van der Waals surface area contributed by atoms with Crippen molar-refractivity contribution in [2.75, 3.05) is 32.1 Å². The van der Waals surface area contributed by atoms with E-state index in [2.05, 4.69) is 56.5 Å². The summed E-state index contributed by atoms with van der Waals surface area (Å²) in [6.45, 7) is 10.3. The maximum absolute atomic E-state index is 11.9. The van der Waals surface area contributed by atoms with E-state index in [0.29, 0.717) is 31.5 Å². The molecule has 0 radical (unpaired) electrons. The van der Waals surface area contributed by atoms with Crippen LogP contribution < -0.4 is 10.6 Å². The number of rotatable bonds is 9. The number of anilines is 1. The van der Waals surface area contributed by atoms with Crippen LogP contribution in [-0.4, -0.2) is 32.7 Å². The average molecular weight is 306 g/mol. The predicted octanol–water partition coefficient (Wildman–Crippen LogP) is 3.50. The smallest absolute Gasteiger partial charge is 0.239 e. The summed E-state index contributed by atoms with van der Waals surface area (Å²) in [6.07, 6.45) is 0.835. The molecular formula is C18H30N2O2. The standard InChI is InChI=1S/C18H30N2O2/c1-13(2)15-8-6-9-16(14(3)4)18(15)20-12-17(21)19-10-7-11-22-5/h6,8-9,13-14,20H,7,10-12H2,1-5H3,(H,19,21). The Kier molecular flexibility index (Phi) is 7.96. The maximum atomic E-state index is 11.9. The molecule has 0 aromatic heterocycles. The molecule has 0 aliphatic carbocycles. The van der Waals surface area contributed by atoms with E-state index in [0.717, 1.165) is 12.1 Å². The Morgan fingerprint density at radius 2 is 1.73 bits per heavy atom. The molecule has 124 valence electrons. The maximum Gasteiger partial charge on any atom is 0.239 e. The molecule has 4 heteroatoms. The zero-order valence-corrected chi connectivity index (χ0v) is 14.5. The van der Waals surface area contributed by atoms with Crippen molar-refractivity contribution < 1.29 is 9.53 Å². The first-order chi connectivity index (χ1) is 10.5. The highest BCUT2D eigenvalue weighted by molar-refractivity contribution is 5.81. The molecule has 0 atom stereocenters. The van der Waals surface area contributed by atoms with Crippen LogP contribution in [-0.2, 0) is 9.53 Å². The highest BCUT2D eigenvalue weighted by Crippen LogP contribution is 2.32. The van der Waals surface area contributed by atoms with Crippen LogP contribution in [0.25, 0.3) is 0 Å². The molecule has 0 aliphatic rings. The van der Waals surface area contributed by atoms with Crippen molar-refractivity contribution in [3.8, 4) is 0 Å². The normalized spacial score (nSPS) is 11.0. The minimum atomic E-state index is 0.0179. The van der Waals surface area contributed by atoms with E-state index < -0.39 is 0 Å². The van der Waals surface area contributed by atoms with Gasteiger partial charge in [0.2, 0.25) is 5.91 Å². The third kappa shape index (κ3) is 5.68. The monoisotopic (exact) mass is 306 g/mol. The van der Waals surface area contributed by atoms with Crippen LogP contribution in [0.15, 0.2) is 18.2 Å². The Labute approximate surface area is 134 Å². The minimum Gasteiger partial charge on any atom is -0.385 e. The fraction of sp³-hybridized carbons (Fsp3) is 0.611. The summed E-state index contributed by atoms with van der Waals surface area (Å²) < 4.78 is 4.97. The van der Waals surface area contributed by atoms with Crippen LogP contribution in [0.3, 0.4) is 0 Å². The number of benzene rings is 1. The lowest BCUT2D eigenvalue weighted by Gasteiger charge is -2.20. The first-order valence-electron chi connectivity index (χ1n) is 8.09. The van der Waals surface area contributed by atoms with Gasteiger partial charge < -0.3 is 15.4 Å². The molecule has 0 bridgehead atoms. The first-order valence-corrected chi connectivity index (χ1v) is 8.09. The molecule has 0 fully saturated rings. The van der Waals surface area contributed by atoms with Crippen LogP contribution in [0.5, 0.6) is 0 Å². The molecule has 1 amide bonds. The van der Waals surface area contributed by atoms with Gasteiger partial charge in [0, 0.05) is 25.9 Å². The number of carbonyl (C=O) groups is 1. The fourth-order valence-electron chi connectivity index (χ4n) is 2.43. The Bertz CT molecular complexity index is 444. The highest BCUT2D eigenvalue weighted by Gasteiger charge is 2.14. The molecule has 1 rings (SSSR count). The topological polar surface area (TPSA) is 50.4 Å². The van der Waals surface area contributed by atoms with Crippen LogP contribution in [0.4, 0.5) is 5.69 Å². The number of ether oxygens (including phenoxy) is 1. The third-order valence-corrected chi connectivity index (χ3v) is 3.65. The van der Waals surface area contributed by atoms with Crippen molar-refractivity contribution in [3.05, 3.63) is 29.3 Å². The Hall–Kier alpha value is -1.55. The first kappa shape index (κ1) is 18.5. The van der Waals surface area contributed by atoms with E-state index >= 15 is 0 Å². The Morgan fingerprint density at radius 1 is 1.14 bits per heavy atom. The number of methoxy groups -OCH3 is 1. The van der Waals surface area contributed by atoms with Crippen molar-refractivity contribution in [1.29, 1.82) is 0 Å². The lowest BCUT2D eigenvalue weighted by molar-refractivity contribution is -0.119. The van der Waals surface area contributed by atoms with E-state index in [1.807, 2.05) is 0 Å². The van der Waals surface area contributed by atoms with Gasteiger partial charge in [0.05, 0.1) is 6.54 Å². The molecule has 0 saturated heterocycles. The third-order valence-electron chi connectivity index (χ3n) is 3.65. The number of hydrogen-bond donors (Lipinski definition) is 2. The van der Waals surface area contributed by atoms with Crippen molar-refractivity contribution in [1.82, 2.24) is 5.32 Å². The lowest BCUT2D eigenvalue weighted by Crippen LogP contribution is -2.31. The molecule has 0 aliphatic heterocycles. The van der Waals surface area contributed by atoms with Gasteiger partial charge in [-0.05, 0) is 29.4 Å². The van der Waals surface area contributed by atoms with Crippen molar-refractivity contribution >= 4 is 11.6 Å². The SMILES string of the molecule is COCCCNC(=O)CNc1c(C(C)C)cccc1C(C)C. The molecule has 0 unspecified atom stereocenters. The zero-order valence-electron chi connectivity index (χ0n) is 14.5. The quantitative estimate of drug-likeness (QED) is 0.687. The molecule has 1 aromatic carbocycles. The molecule has 4 nitrogen and oxygen atoms in total. The van der Waals surface area contributed by atoms with Gasteiger partial charge in [-0.2, -0.15) is 0 Å². The van der Waals surface area contributed by atoms with Crippen LogP contribution in [0.2, 0.25) is 0 Å². The minimum absolute atomic E-state index is 0.0179. The number of amides is 1. The second kappa shape index (κ2) is 9.46. The van der Waals surface area contributed by atoms with Crippen LogP contribution >= 0.6 is 0 Å². The average Bonchev–Trinajstić information content (AvgIpc) is 2.48. The summed E-state index contributed by atoms with van der Waals surface area (Å²) in [5.41, 5.74) is 3.64. The number of nitrogens with one attached hydrogen (secondary N) is 2. The summed E-state index contributed by atoms with van der Waals surface area (Å²) in [6, 6.07) is 6.37. The predicted molar refractivity (Wildman–Crippen MR) is 92.6 cm³/mol. The second-order valence-electron chi connectivity index (χ2n) is 6.17. The number of para-hydroxylation sites is 1. The molecule has 22 heavy (non-hydrogen) atoms. The van der Waals surface area contributed by atoms with E-state index in [1.165, 1.54) is 11.1 Å². The number of carbonyl (C=O) groups excluding carboxylic acids is 1. The van der Waals surface area contributed by atoms with E-state index in [-0.39, 0.29) is 5.91 Å². The van der Waals surface area contributed by atoms with E-state index in [1.54, 1.807) is 7.11 Å². The van der Waals surface area contributed by atoms with Crippen molar-refractivity contribution in [2.45, 2.75) is 46.0 Å². The Morgan fingerprint density at radius 3 is 2.23 bits per heavy atom. The zero-order chi connectivity index (χ0) is 16.5. The van der Waals surface area contributed by atoms with Gasteiger partial charge in [-0.15, -0.1) is 0 Å². The fourth-order valence-corrected chi connectivity index (χ4v) is 2.43. The molecule has 2 N–H and O–H groups in total. The largest absolute Gasteiger partial charge is 0.385 e. The van der Waals surface area contributed by atoms with Crippen molar-refractivity contribution in [3.63, 3.8) is 0 Å². The summed E-state index contributed by atoms with van der Waals surface area (Å²) >= 11 is 0. The van der Waals surface area contributed by atoms with Gasteiger partial charge in [-0.3, -0.25) is 4.79 Å². The second-order valence-corrected chi connectivity index (χ2v) is 6.17. The van der Waals surface area contributed by atoms with Crippen molar-refractivity contribution in [2.24, 2.45) is 0 Å². The van der Waals surface area contributed by atoms with Gasteiger partial charge in [0.1, 0.15) is 0 Å². The van der Waals surface area contributed by atoms with Gasteiger partial charge in [0.25, 0.3) is 0 Å². The van der Waals surface area contributed by atoms with Gasteiger partial charge >= 0.3 is 0 Å². The van der Waals surface area contributed by atoms with E-state index in [4.69, 9.17) is 4.74 Å². The molecule has 0 saturated carbocycles.